The number of carbonyl (C=O) groups excluding carboxylic acids is 2. The third kappa shape index (κ3) is 2.85. The van der Waals surface area contributed by atoms with E-state index in [1.54, 1.807) is 18.2 Å². The van der Waals surface area contributed by atoms with Gasteiger partial charge in [-0.1, -0.05) is 35.9 Å². The highest BCUT2D eigenvalue weighted by atomic mass is 16.1. The van der Waals surface area contributed by atoms with Crippen molar-refractivity contribution in [3.63, 3.8) is 0 Å². The fraction of sp³-hybridized carbons (Fsp3) is 0.231. The van der Waals surface area contributed by atoms with Crippen LogP contribution in [-0.4, -0.2) is 12.2 Å². The molecule has 0 N–H and O–H groups in total. The molecule has 17 heavy (non-hydrogen) atoms. The van der Waals surface area contributed by atoms with Crippen LogP contribution in [0.2, 0.25) is 0 Å². The molecule has 0 aliphatic heterocycles. The maximum atomic E-state index is 10.5. The summed E-state index contributed by atoms with van der Waals surface area (Å²) in [6.45, 7) is 5.51. The molecule has 0 unspecified atom stereocenters. The number of rotatable bonds is 5. The van der Waals surface area contributed by atoms with Crippen LogP contribution in [0.15, 0.2) is 46.9 Å². The molecule has 0 saturated heterocycles. The van der Waals surface area contributed by atoms with E-state index < -0.39 is 5.66 Å². The van der Waals surface area contributed by atoms with Crippen LogP contribution in [0.3, 0.4) is 0 Å². The lowest BCUT2D eigenvalue weighted by Gasteiger charge is -2.20. The second-order valence-corrected chi connectivity index (χ2v) is 3.58. The van der Waals surface area contributed by atoms with Crippen molar-refractivity contribution < 1.29 is 9.59 Å². The van der Waals surface area contributed by atoms with Gasteiger partial charge in [-0.25, -0.2) is 9.59 Å². The van der Waals surface area contributed by atoms with E-state index in [2.05, 4.69) is 16.6 Å². The first-order chi connectivity index (χ1) is 8.18. The van der Waals surface area contributed by atoms with E-state index in [-0.39, 0.29) is 6.42 Å². The van der Waals surface area contributed by atoms with E-state index in [0.717, 1.165) is 5.56 Å². The highest BCUT2D eigenvalue weighted by Gasteiger charge is 2.30. The molecule has 0 atom stereocenters. The van der Waals surface area contributed by atoms with Gasteiger partial charge in [0.1, 0.15) is 0 Å². The lowest BCUT2D eigenvalue weighted by Crippen LogP contribution is -2.20. The molecule has 0 heterocycles. The Morgan fingerprint density at radius 2 is 1.76 bits per heavy atom. The Morgan fingerprint density at radius 1 is 1.24 bits per heavy atom. The smallest absolute Gasteiger partial charge is 0.211 e. The topological polar surface area (TPSA) is 58.9 Å². The van der Waals surface area contributed by atoms with Crippen LogP contribution in [0.1, 0.15) is 17.5 Å². The summed E-state index contributed by atoms with van der Waals surface area (Å²) >= 11 is 0. The average molecular weight is 228 g/mol. The van der Waals surface area contributed by atoms with E-state index in [1.165, 1.54) is 12.2 Å². The molecule has 0 aliphatic carbocycles. The number of hydrogen-bond donors (Lipinski definition) is 0. The molecule has 1 aromatic carbocycles. The molecular weight excluding hydrogens is 216 g/mol. The highest BCUT2D eigenvalue weighted by Crippen LogP contribution is 2.31. The second kappa shape index (κ2) is 5.71. The maximum absolute atomic E-state index is 10.5. The number of nitrogens with zero attached hydrogens (tertiary/aromatic N) is 2. The van der Waals surface area contributed by atoms with Crippen LogP contribution in [0, 0.1) is 6.92 Å². The predicted octanol–water partition coefficient (Wildman–Crippen LogP) is 2.40. The molecule has 4 nitrogen and oxygen atoms in total. The van der Waals surface area contributed by atoms with Gasteiger partial charge < -0.3 is 0 Å². The standard InChI is InChI=1S/C13H12N2O2/c1-3-8-13(14-9-16,15-10-17)12-6-4-11(2)5-7-12/h3-7H,1,8H2,2H3. The molecule has 0 spiro atoms. The SMILES string of the molecule is C=CCC(N=C=O)(N=C=O)c1ccc(C)cc1. The fourth-order valence-electron chi connectivity index (χ4n) is 1.54. The van der Waals surface area contributed by atoms with Gasteiger partial charge in [-0.05, 0) is 6.92 Å². The number of hydrogen-bond acceptors (Lipinski definition) is 4. The molecule has 4 heteroatoms. The van der Waals surface area contributed by atoms with Gasteiger partial charge in [-0.3, -0.25) is 0 Å². The van der Waals surface area contributed by atoms with E-state index in [4.69, 9.17) is 0 Å². The van der Waals surface area contributed by atoms with Crippen molar-refractivity contribution >= 4 is 12.2 Å². The van der Waals surface area contributed by atoms with Gasteiger partial charge in [0.15, 0.2) is 0 Å². The zero-order valence-electron chi connectivity index (χ0n) is 9.51. The quantitative estimate of drug-likeness (QED) is 0.441. The Labute approximate surface area is 99.4 Å². The minimum absolute atomic E-state index is 0.237. The number of aliphatic imine (C=N–C) groups is 2. The number of aryl methyl sites for hydroxylation is 1. The first-order valence-corrected chi connectivity index (χ1v) is 5.04. The highest BCUT2D eigenvalue weighted by molar-refractivity contribution is 5.43. The molecule has 0 aliphatic rings. The molecule has 86 valence electrons. The predicted molar refractivity (Wildman–Crippen MR) is 63.9 cm³/mol. The second-order valence-electron chi connectivity index (χ2n) is 3.58. The van der Waals surface area contributed by atoms with Gasteiger partial charge in [-0.2, -0.15) is 9.98 Å². The minimum Gasteiger partial charge on any atom is -0.211 e. The summed E-state index contributed by atoms with van der Waals surface area (Å²) in [5.74, 6) is 0. The molecule has 1 rings (SSSR count). The fourth-order valence-corrected chi connectivity index (χ4v) is 1.54. The monoisotopic (exact) mass is 228 g/mol. The van der Waals surface area contributed by atoms with E-state index in [1.807, 2.05) is 19.1 Å². The van der Waals surface area contributed by atoms with E-state index in [9.17, 15) is 9.59 Å². The van der Waals surface area contributed by atoms with Crippen molar-refractivity contribution in [3.05, 3.63) is 48.0 Å². The molecule has 0 aromatic heterocycles. The summed E-state index contributed by atoms with van der Waals surface area (Å²) in [6, 6.07) is 7.24. The lowest BCUT2D eigenvalue weighted by atomic mass is 9.96. The normalized spacial score (nSPS) is 12.8. The Kier molecular flexibility index (Phi) is 4.29. The first-order valence-electron chi connectivity index (χ1n) is 5.04. The minimum atomic E-state index is -1.28. The van der Waals surface area contributed by atoms with Gasteiger partial charge in [0.2, 0.25) is 17.8 Å². The lowest BCUT2D eigenvalue weighted by molar-refractivity contribution is 0.459. The summed E-state index contributed by atoms with van der Waals surface area (Å²) in [4.78, 5) is 28.2. The molecule has 0 amide bonds. The van der Waals surface area contributed by atoms with Crippen molar-refractivity contribution in [1.82, 2.24) is 0 Å². The Hall–Kier alpha value is -2.28. The molecule has 0 saturated carbocycles. The van der Waals surface area contributed by atoms with Crippen LogP contribution in [-0.2, 0) is 15.3 Å². The van der Waals surface area contributed by atoms with Crippen LogP contribution in [0.4, 0.5) is 0 Å². The summed E-state index contributed by atoms with van der Waals surface area (Å²) in [5, 5.41) is 0. The average Bonchev–Trinajstić information content (AvgIpc) is 2.30. The third-order valence-electron chi connectivity index (χ3n) is 2.40. The number of benzene rings is 1. The zero-order valence-corrected chi connectivity index (χ0v) is 9.51. The maximum Gasteiger partial charge on any atom is 0.237 e. The third-order valence-corrected chi connectivity index (χ3v) is 2.40. The van der Waals surface area contributed by atoms with Gasteiger partial charge in [0.05, 0.1) is 0 Å². The van der Waals surface area contributed by atoms with E-state index in [0.29, 0.717) is 5.56 Å². The Bertz CT molecular complexity index is 475. The summed E-state index contributed by atoms with van der Waals surface area (Å²) in [5.41, 5.74) is 0.417. The Morgan fingerprint density at radius 3 is 2.18 bits per heavy atom. The molecular formula is C13H12N2O2. The summed E-state index contributed by atoms with van der Waals surface area (Å²) in [7, 11) is 0. The van der Waals surface area contributed by atoms with Crippen molar-refractivity contribution in [1.29, 1.82) is 0 Å². The molecule has 0 fully saturated rings. The van der Waals surface area contributed by atoms with Crippen LogP contribution in [0.25, 0.3) is 0 Å². The van der Waals surface area contributed by atoms with Crippen molar-refractivity contribution in [2.75, 3.05) is 0 Å². The molecule has 0 bridgehead atoms. The summed E-state index contributed by atoms with van der Waals surface area (Å²) < 4.78 is 0. The summed E-state index contributed by atoms with van der Waals surface area (Å²) in [6.07, 6.45) is 4.67. The van der Waals surface area contributed by atoms with E-state index >= 15 is 0 Å². The van der Waals surface area contributed by atoms with Gasteiger partial charge in [0.25, 0.3) is 0 Å². The Balaban J connectivity index is 3.38. The molecule has 0 radical (unpaired) electrons. The number of isocyanates is 2. The largest absolute Gasteiger partial charge is 0.237 e. The van der Waals surface area contributed by atoms with Gasteiger partial charge in [0, 0.05) is 12.0 Å². The van der Waals surface area contributed by atoms with Crippen LogP contribution >= 0.6 is 0 Å². The van der Waals surface area contributed by atoms with Crippen molar-refractivity contribution in [3.8, 4) is 0 Å². The first kappa shape index (κ1) is 12.8. The van der Waals surface area contributed by atoms with Gasteiger partial charge >= 0.3 is 0 Å². The van der Waals surface area contributed by atoms with Gasteiger partial charge in [-0.15, -0.1) is 6.58 Å². The van der Waals surface area contributed by atoms with Crippen molar-refractivity contribution in [2.45, 2.75) is 19.0 Å². The van der Waals surface area contributed by atoms with Crippen LogP contribution in [0.5, 0.6) is 0 Å². The van der Waals surface area contributed by atoms with Crippen LogP contribution < -0.4 is 0 Å². The van der Waals surface area contributed by atoms with Crippen molar-refractivity contribution in [2.24, 2.45) is 9.98 Å². The molecule has 1 aromatic rings. The zero-order chi connectivity index (χ0) is 12.7.